The van der Waals surface area contributed by atoms with E-state index in [0.29, 0.717) is 35.5 Å². The lowest BCUT2D eigenvalue weighted by atomic mass is 9.85. The number of carbonyl (C=O) groups is 1. The predicted octanol–water partition coefficient (Wildman–Crippen LogP) is 8.77. The molecule has 1 heterocycles. The zero-order valence-electron chi connectivity index (χ0n) is 24.8. The molecule has 2 aliphatic rings. The van der Waals surface area contributed by atoms with Gasteiger partial charge in [-0.15, -0.1) is 0 Å². The Labute approximate surface area is 248 Å². The highest BCUT2D eigenvalue weighted by Gasteiger charge is 2.41. The van der Waals surface area contributed by atoms with Gasteiger partial charge in [-0.1, -0.05) is 61.7 Å². The molecule has 0 aromatic heterocycles. The number of ether oxygens (including phenoxy) is 2. The maximum Gasteiger partial charge on any atom is 0.267 e. The third-order valence-electron chi connectivity index (χ3n) is 7.99. The molecule has 5 nitrogen and oxygen atoms in total. The molecule has 0 radical (unpaired) electrons. The van der Waals surface area contributed by atoms with Crippen molar-refractivity contribution in [1.82, 2.24) is 4.90 Å². The maximum absolute atomic E-state index is 13.9. The number of aryl methyl sites for hydroxylation is 3. The number of amidine groups is 1. The van der Waals surface area contributed by atoms with Gasteiger partial charge in [0.2, 0.25) is 0 Å². The van der Waals surface area contributed by atoms with Crippen LogP contribution < -0.4 is 9.47 Å². The molecule has 2 atom stereocenters. The molecule has 1 aliphatic heterocycles. The van der Waals surface area contributed by atoms with E-state index < -0.39 is 0 Å². The van der Waals surface area contributed by atoms with Gasteiger partial charge in [0.1, 0.15) is 6.61 Å². The minimum Gasteiger partial charge on any atom is -0.490 e. The first-order valence-electron chi connectivity index (χ1n) is 14.7. The quantitative estimate of drug-likeness (QED) is 0.255. The van der Waals surface area contributed by atoms with Crippen molar-refractivity contribution in [3.8, 4) is 11.5 Å². The van der Waals surface area contributed by atoms with Crippen molar-refractivity contribution in [2.24, 2.45) is 10.9 Å². The summed E-state index contributed by atoms with van der Waals surface area (Å²) in [5.74, 6) is 1.85. The van der Waals surface area contributed by atoms with Crippen molar-refractivity contribution in [3.05, 3.63) is 93.4 Å². The lowest BCUT2D eigenvalue weighted by Crippen LogP contribution is -2.44. The fourth-order valence-corrected chi connectivity index (χ4v) is 6.94. The summed E-state index contributed by atoms with van der Waals surface area (Å²) in [4.78, 5) is 21.4. The molecule has 3 aromatic carbocycles. The van der Waals surface area contributed by atoms with Gasteiger partial charge >= 0.3 is 0 Å². The average Bonchev–Trinajstić information content (AvgIpc) is 3.24. The van der Waals surface area contributed by atoms with Crippen molar-refractivity contribution < 1.29 is 14.3 Å². The summed E-state index contributed by atoms with van der Waals surface area (Å²) < 4.78 is 12.3. The van der Waals surface area contributed by atoms with Crippen LogP contribution in [-0.4, -0.2) is 28.6 Å². The molecule has 0 bridgehead atoms. The predicted molar refractivity (Wildman–Crippen MR) is 170 cm³/mol. The van der Waals surface area contributed by atoms with Crippen LogP contribution in [0.15, 0.2) is 70.6 Å². The van der Waals surface area contributed by atoms with Crippen LogP contribution in [0.3, 0.4) is 0 Å². The number of rotatable bonds is 8. The Morgan fingerprint density at radius 3 is 2.39 bits per heavy atom. The molecule has 41 heavy (non-hydrogen) atoms. The standard InChI is InChI=1S/C35H40N2O3S/c1-6-39-32-20-27(16-17-31(32)40-22-29-25(4)18-23(2)19-26(29)5)21-33-34(38)37(30-15-11-10-12-24(30)3)35(41-33)36-28-13-8-7-9-14-28/h7-9,13-14,16-21,24,30H,6,10-12,15,22H2,1-5H3/b33-21-,36-35?/t24-,30-/m0/s1. The van der Waals surface area contributed by atoms with E-state index >= 15 is 0 Å². The van der Waals surface area contributed by atoms with E-state index in [1.165, 1.54) is 40.4 Å². The molecule has 3 aromatic rings. The number of hydrogen-bond donors (Lipinski definition) is 0. The minimum atomic E-state index is 0.0343. The van der Waals surface area contributed by atoms with Crippen molar-refractivity contribution >= 4 is 34.6 Å². The summed E-state index contributed by atoms with van der Waals surface area (Å²) in [6, 6.07) is 20.3. The summed E-state index contributed by atoms with van der Waals surface area (Å²) in [6.07, 6.45) is 6.47. The Morgan fingerprint density at radius 2 is 1.68 bits per heavy atom. The van der Waals surface area contributed by atoms with E-state index in [1.807, 2.05) is 66.4 Å². The molecule has 0 N–H and O–H groups in total. The van der Waals surface area contributed by atoms with Crippen LogP contribution in [-0.2, 0) is 11.4 Å². The Bertz CT molecular complexity index is 1440. The highest BCUT2D eigenvalue weighted by atomic mass is 32.2. The minimum absolute atomic E-state index is 0.0343. The molecule has 5 rings (SSSR count). The van der Waals surface area contributed by atoms with Crippen LogP contribution in [0.4, 0.5) is 5.69 Å². The first-order valence-corrected chi connectivity index (χ1v) is 15.5. The molecule has 6 heteroatoms. The van der Waals surface area contributed by atoms with Crippen LogP contribution in [0.5, 0.6) is 11.5 Å². The third kappa shape index (κ3) is 6.70. The summed E-state index contributed by atoms with van der Waals surface area (Å²) in [5.41, 5.74) is 6.66. The lowest BCUT2D eigenvalue weighted by Gasteiger charge is -2.35. The number of nitrogens with zero attached hydrogens (tertiary/aromatic N) is 2. The van der Waals surface area contributed by atoms with E-state index in [9.17, 15) is 4.79 Å². The number of carbonyl (C=O) groups excluding carboxylic acids is 1. The highest BCUT2D eigenvalue weighted by molar-refractivity contribution is 8.18. The van der Waals surface area contributed by atoms with Crippen LogP contribution >= 0.6 is 11.8 Å². The molecule has 0 spiro atoms. The largest absolute Gasteiger partial charge is 0.490 e. The van der Waals surface area contributed by atoms with Gasteiger partial charge in [0.25, 0.3) is 5.91 Å². The highest BCUT2D eigenvalue weighted by Crippen LogP contribution is 2.41. The van der Waals surface area contributed by atoms with Crippen LogP contribution in [0.25, 0.3) is 6.08 Å². The number of benzene rings is 3. The second kappa shape index (κ2) is 13.0. The number of para-hydroxylation sites is 1. The Balaban J connectivity index is 1.43. The van der Waals surface area contributed by atoms with Gasteiger partial charge in [-0.25, -0.2) is 4.99 Å². The molecule has 1 saturated carbocycles. The van der Waals surface area contributed by atoms with E-state index in [1.54, 1.807) is 0 Å². The monoisotopic (exact) mass is 568 g/mol. The number of thioether (sulfide) groups is 1. The van der Waals surface area contributed by atoms with E-state index in [0.717, 1.165) is 35.7 Å². The Kier molecular flexibility index (Phi) is 9.19. The normalized spacial score (nSPS) is 21.1. The van der Waals surface area contributed by atoms with Gasteiger partial charge in [0, 0.05) is 6.04 Å². The number of amides is 1. The molecular weight excluding hydrogens is 528 g/mol. The van der Waals surface area contributed by atoms with E-state index in [-0.39, 0.29) is 11.9 Å². The first kappa shape index (κ1) is 29.0. The molecular formula is C35H40N2O3S. The van der Waals surface area contributed by atoms with Crippen LogP contribution in [0.1, 0.15) is 67.3 Å². The van der Waals surface area contributed by atoms with Gasteiger partial charge < -0.3 is 9.47 Å². The fourth-order valence-electron chi connectivity index (χ4n) is 5.89. The number of hydrogen-bond acceptors (Lipinski definition) is 5. The molecule has 1 aliphatic carbocycles. The lowest BCUT2D eigenvalue weighted by molar-refractivity contribution is -0.124. The SMILES string of the molecule is CCOc1cc(/C=C2\SC(=Nc3ccccc3)N([C@H]3CCCC[C@@H]3C)C2=O)ccc1OCc1c(C)cc(C)cc1C. The summed E-state index contributed by atoms with van der Waals surface area (Å²) >= 11 is 1.46. The van der Waals surface area contributed by atoms with Crippen molar-refractivity contribution in [1.29, 1.82) is 0 Å². The summed E-state index contributed by atoms with van der Waals surface area (Å²) in [5, 5.41) is 0.764. The Hall–Kier alpha value is -3.51. The van der Waals surface area contributed by atoms with Crippen molar-refractivity contribution in [2.75, 3.05) is 6.61 Å². The third-order valence-corrected chi connectivity index (χ3v) is 8.98. The second-order valence-corrected chi connectivity index (χ2v) is 12.2. The maximum atomic E-state index is 13.9. The first-order chi connectivity index (χ1) is 19.8. The fraction of sp³-hybridized carbons (Fsp3) is 0.371. The van der Waals surface area contributed by atoms with Gasteiger partial charge in [-0.2, -0.15) is 0 Å². The zero-order valence-corrected chi connectivity index (χ0v) is 25.6. The van der Waals surface area contributed by atoms with Crippen LogP contribution in [0, 0.1) is 26.7 Å². The van der Waals surface area contributed by atoms with Gasteiger partial charge in [0.15, 0.2) is 16.7 Å². The Morgan fingerprint density at radius 1 is 0.951 bits per heavy atom. The molecule has 214 valence electrons. The molecule has 1 saturated heterocycles. The molecule has 1 amide bonds. The van der Waals surface area contributed by atoms with Gasteiger partial charge in [0.05, 0.1) is 17.2 Å². The summed E-state index contributed by atoms with van der Waals surface area (Å²) in [7, 11) is 0. The number of aliphatic imine (C=N–C) groups is 1. The average molecular weight is 569 g/mol. The van der Waals surface area contributed by atoms with E-state index in [4.69, 9.17) is 14.5 Å². The second-order valence-electron chi connectivity index (χ2n) is 11.1. The topological polar surface area (TPSA) is 51.1 Å². The van der Waals surface area contributed by atoms with Crippen LogP contribution in [0.2, 0.25) is 0 Å². The molecule has 0 unspecified atom stereocenters. The van der Waals surface area contributed by atoms with Crippen molar-refractivity contribution in [2.45, 2.75) is 73.0 Å². The van der Waals surface area contributed by atoms with Gasteiger partial charge in [-0.3, -0.25) is 9.69 Å². The van der Waals surface area contributed by atoms with E-state index in [2.05, 4.69) is 39.8 Å². The van der Waals surface area contributed by atoms with Crippen molar-refractivity contribution in [3.63, 3.8) is 0 Å². The zero-order chi connectivity index (χ0) is 28.9. The summed E-state index contributed by atoms with van der Waals surface area (Å²) in [6.45, 7) is 11.6. The smallest absolute Gasteiger partial charge is 0.267 e. The molecule has 2 fully saturated rings. The van der Waals surface area contributed by atoms with Gasteiger partial charge in [-0.05, 0) is 111 Å².